The third kappa shape index (κ3) is 1.30. The number of carbonyl (C=O) groups excluding carboxylic acids is 1. The van der Waals surface area contributed by atoms with Gasteiger partial charge in [-0.1, -0.05) is 6.08 Å². The Kier molecular flexibility index (Phi) is 1.81. The molecule has 1 aromatic heterocycles. The summed E-state index contributed by atoms with van der Waals surface area (Å²) in [4.78, 5) is 14.3. The van der Waals surface area contributed by atoms with Gasteiger partial charge in [-0.2, -0.15) is 0 Å². The van der Waals surface area contributed by atoms with Gasteiger partial charge in [0.15, 0.2) is 0 Å². The zero-order chi connectivity index (χ0) is 9.26. The van der Waals surface area contributed by atoms with Gasteiger partial charge in [-0.05, 0) is 12.1 Å². The number of anilines is 1. The van der Waals surface area contributed by atoms with Crippen LogP contribution in [0.5, 0.6) is 0 Å². The Labute approximate surface area is 76.0 Å². The van der Waals surface area contributed by atoms with E-state index in [1.54, 1.807) is 7.05 Å². The Morgan fingerprint density at radius 1 is 1.62 bits per heavy atom. The minimum atomic E-state index is -0.256. The first-order valence-corrected chi connectivity index (χ1v) is 4.15. The maximum atomic E-state index is 11.3. The highest BCUT2D eigenvalue weighted by Crippen LogP contribution is 2.20. The molecule has 68 valence electrons. The first-order valence-electron chi connectivity index (χ1n) is 4.15. The smallest absolute Gasteiger partial charge is 0.246 e. The molecule has 0 radical (unpaired) electrons. The van der Waals surface area contributed by atoms with E-state index in [-0.39, 0.29) is 11.9 Å². The van der Waals surface area contributed by atoms with Crippen molar-refractivity contribution in [3.05, 3.63) is 24.0 Å². The van der Waals surface area contributed by atoms with Crippen molar-refractivity contribution in [2.24, 2.45) is 0 Å². The average Bonchev–Trinajstić information content (AvgIpc) is 2.63. The van der Waals surface area contributed by atoms with Gasteiger partial charge in [0.2, 0.25) is 5.91 Å². The lowest BCUT2D eigenvalue weighted by molar-refractivity contribution is -0.120. The molecule has 0 saturated heterocycles. The van der Waals surface area contributed by atoms with E-state index in [9.17, 15) is 4.79 Å². The number of H-pyrrole nitrogens is 1. The Balaban J connectivity index is 2.21. The number of carbonyl (C=O) groups is 1. The van der Waals surface area contributed by atoms with Crippen LogP contribution in [0.4, 0.5) is 5.69 Å². The summed E-state index contributed by atoms with van der Waals surface area (Å²) < 4.78 is 0. The quantitative estimate of drug-likeness (QED) is 0.587. The van der Waals surface area contributed by atoms with Crippen molar-refractivity contribution < 1.29 is 4.79 Å². The van der Waals surface area contributed by atoms with Gasteiger partial charge in [0, 0.05) is 13.2 Å². The average molecular weight is 177 g/mol. The van der Waals surface area contributed by atoms with Crippen LogP contribution in [0, 0.1) is 0 Å². The molecule has 0 bridgehead atoms. The standard InChI is InChI=1S/C9H11N3O/c1-10-9(13)8-3-2-6-7(12-8)4-5-11-6/h2-5,8,11-12H,1H3,(H,10,13). The normalized spacial score (nSPS) is 19.0. The second-order valence-electron chi connectivity index (χ2n) is 2.90. The van der Waals surface area contributed by atoms with E-state index in [1.807, 2.05) is 24.4 Å². The van der Waals surface area contributed by atoms with Crippen LogP contribution in [0.3, 0.4) is 0 Å². The minimum absolute atomic E-state index is 0.0249. The van der Waals surface area contributed by atoms with Crippen molar-refractivity contribution in [2.75, 3.05) is 12.4 Å². The Bertz CT molecular complexity index is 353. The van der Waals surface area contributed by atoms with Crippen LogP contribution in [-0.4, -0.2) is 24.0 Å². The molecule has 1 aliphatic rings. The molecule has 1 unspecified atom stereocenters. The number of likely N-dealkylation sites (N-methyl/N-ethyl adjacent to an activating group) is 1. The van der Waals surface area contributed by atoms with Crippen molar-refractivity contribution in [3.63, 3.8) is 0 Å². The molecule has 1 aliphatic heterocycles. The summed E-state index contributed by atoms with van der Waals surface area (Å²) >= 11 is 0. The van der Waals surface area contributed by atoms with Crippen LogP contribution in [0.15, 0.2) is 18.3 Å². The number of aromatic amines is 1. The van der Waals surface area contributed by atoms with Gasteiger partial charge in [-0.3, -0.25) is 4.79 Å². The number of rotatable bonds is 1. The zero-order valence-electron chi connectivity index (χ0n) is 7.29. The summed E-state index contributed by atoms with van der Waals surface area (Å²) in [6.45, 7) is 0. The molecular weight excluding hydrogens is 166 g/mol. The Morgan fingerprint density at radius 2 is 2.46 bits per heavy atom. The Hall–Kier alpha value is -1.71. The maximum Gasteiger partial charge on any atom is 0.246 e. The van der Waals surface area contributed by atoms with Crippen LogP contribution in [0.2, 0.25) is 0 Å². The van der Waals surface area contributed by atoms with Gasteiger partial charge < -0.3 is 15.6 Å². The fourth-order valence-corrected chi connectivity index (χ4v) is 1.36. The maximum absolute atomic E-state index is 11.3. The third-order valence-electron chi connectivity index (χ3n) is 2.07. The molecule has 3 N–H and O–H groups in total. The number of fused-ring (bicyclic) bond motifs is 1. The van der Waals surface area contributed by atoms with E-state index in [1.165, 1.54) is 0 Å². The van der Waals surface area contributed by atoms with E-state index in [0.717, 1.165) is 11.4 Å². The van der Waals surface area contributed by atoms with Gasteiger partial charge >= 0.3 is 0 Å². The van der Waals surface area contributed by atoms with E-state index < -0.39 is 0 Å². The molecule has 2 rings (SSSR count). The lowest BCUT2D eigenvalue weighted by Gasteiger charge is -2.18. The molecule has 0 aromatic carbocycles. The predicted octanol–water partition coefficient (Wildman–Crippen LogP) is 0.568. The van der Waals surface area contributed by atoms with Crippen molar-refractivity contribution in [1.29, 1.82) is 0 Å². The van der Waals surface area contributed by atoms with Crippen molar-refractivity contribution in [2.45, 2.75) is 6.04 Å². The van der Waals surface area contributed by atoms with Crippen molar-refractivity contribution in [3.8, 4) is 0 Å². The third-order valence-corrected chi connectivity index (χ3v) is 2.07. The monoisotopic (exact) mass is 177 g/mol. The van der Waals surface area contributed by atoms with Crippen LogP contribution < -0.4 is 10.6 Å². The highest BCUT2D eigenvalue weighted by atomic mass is 16.2. The fourth-order valence-electron chi connectivity index (χ4n) is 1.36. The second kappa shape index (κ2) is 2.97. The predicted molar refractivity (Wildman–Crippen MR) is 51.3 cm³/mol. The molecule has 4 heteroatoms. The van der Waals surface area contributed by atoms with Gasteiger partial charge in [0.05, 0.1) is 11.4 Å². The first-order chi connectivity index (χ1) is 6.31. The highest BCUT2D eigenvalue weighted by Gasteiger charge is 2.18. The molecule has 0 saturated carbocycles. The van der Waals surface area contributed by atoms with E-state index >= 15 is 0 Å². The summed E-state index contributed by atoms with van der Waals surface area (Å²) in [5.74, 6) is -0.0249. The molecule has 1 amide bonds. The summed E-state index contributed by atoms with van der Waals surface area (Å²) in [6, 6.07) is 1.66. The minimum Gasteiger partial charge on any atom is -0.369 e. The molecule has 1 aromatic rings. The molecule has 4 nitrogen and oxygen atoms in total. The largest absolute Gasteiger partial charge is 0.369 e. The molecule has 0 spiro atoms. The van der Waals surface area contributed by atoms with Gasteiger partial charge in [-0.25, -0.2) is 0 Å². The SMILES string of the molecule is CNC(=O)C1C=Cc2[nH]ccc2N1. The zero-order valence-corrected chi connectivity index (χ0v) is 7.29. The van der Waals surface area contributed by atoms with Crippen molar-refractivity contribution >= 4 is 17.7 Å². The van der Waals surface area contributed by atoms with Crippen LogP contribution in [-0.2, 0) is 4.79 Å². The van der Waals surface area contributed by atoms with Crippen LogP contribution >= 0.6 is 0 Å². The summed E-state index contributed by atoms with van der Waals surface area (Å²) in [6.07, 6.45) is 5.58. The lowest BCUT2D eigenvalue weighted by Crippen LogP contribution is -2.37. The summed E-state index contributed by atoms with van der Waals surface area (Å²) in [5.41, 5.74) is 1.98. The molecule has 0 fully saturated rings. The van der Waals surface area contributed by atoms with E-state index in [4.69, 9.17) is 0 Å². The second-order valence-corrected chi connectivity index (χ2v) is 2.90. The molecule has 0 aliphatic carbocycles. The van der Waals surface area contributed by atoms with E-state index in [2.05, 4.69) is 15.6 Å². The number of hydrogen-bond donors (Lipinski definition) is 3. The van der Waals surface area contributed by atoms with Gasteiger partial charge in [-0.15, -0.1) is 0 Å². The first kappa shape index (κ1) is 7.91. The van der Waals surface area contributed by atoms with Crippen LogP contribution in [0.25, 0.3) is 6.08 Å². The molecular formula is C9H11N3O. The number of aromatic nitrogens is 1. The van der Waals surface area contributed by atoms with Crippen LogP contribution in [0.1, 0.15) is 5.69 Å². The Morgan fingerprint density at radius 3 is 3.23 bits per heavy atom. The lowest BCUT2D eigenvalue weighted by atomic mass is 10.1. The number of hydrogen-bond acceptors (Lipinski definition) is 2. The van der Waals surface area contributed by atoms with Gasteiger partial charge in [0.1, 0.15) is 6.04 Å². The summed E-state index contributed by atoms with van der Waals surface area (Å²) in [5, 5.41) is 5.69. The molecule has 13 heavy (non-hydrogen) atoms. The van der Waals surface area contributed by atoms with Crippen molar-refractivity contribution in [1.82, 2.24) is 10.3 Å². The summed E-state index contributed by atoms with van der Waals surface area (Å²) in [7, 11) is 1.63. The molecule has 1 atom stereocenters. The number of nitrogens with one attached hydrogen (secondary N) is 3. The fraction of sp³-hybridized carbons (Fsp3) is 0.222. The topological polar surface area (TPSA) is 56.9 Å². The van der Waals surface area contributed by atoms with E-state index in [0.29, 0.717) is 0 Å². The van der Waals surface area contributed by atoms with Gasteiger partial charge in [0.25, 0.3) is 0 Å². The molecule has 2 heterocycles. The highest BCUT2D eigenvalue weighted by molar-refractivity contribution is 5.90. The number of amides is 1.